The minimum atomic E-state index is -0.227. The first-order chi connectivity index (χ1) is 9.74. The van der Waals surface area contributed by atoms with Crippen LogP contribution in [0.1, 0.15) is 10.5 Å². The molecule has 1 aliphatic heterocycles. The van der Waals surface area contributed by atoms with E-state index in [1.165, 1.54) is 12.1 Å². The Morgan fingerprint density at radius 2 is 1.75 bits per heavy atom. The first-order valence-corrected chi connectivity index (χ1v) is 6.67. The van der Waals surface area contributed by atoms with Crippen molar-refractivity contribution >= 4 is 11.6 Å². The standard InChI is InChI=1S/C15H16FN3O/c16-12-3-5-13(6-4-12)18-8-10-19(11-9-18)15(20)14-2-1-7-17-14/h1-7,17H,8-11H2. The Labute approximate surface area is 116 Å². The number of aromatic nitrogens is 1. The topological polar surface area (TPSA) is 39.3 Å². The first-order valence-electron chi connectivity index (χ1n) is 6.67. The van der Waals surface area contributed by atoms with Crippen LogP contribution in [0.15, 0.2) is 42.6 Å². The summed E-state index contributed by atoms with van der Waals surface area (Å²) >= 11 is 0. The highest BCUT2D eigenvalue weighted by Gasteiger charge is 2.22. The van der Waals surface area contributed by atoms with E-state index in [0.717, 1.165) is 18.8 Å². The van der Waals surface area contributed by atoms with E-state index in [1.54, 1.807) is 24.4 Å². The van der Waals surface area contributed by atoms with Crippen LogP contribution in [0.5, 0.6) is 0 Å². The molecule has 1 amide bonds. The SMILES string of the molecule is O=C(c1ccc[nH]1)N1CCN(c2ccc(F)cc2)CC1. The number of H-pyrrole nitrogens is 1. The number of aromatic amines is 1. The van der Waals surface area contributed by atoms with Crippen molar-refractivity contribution in [1.29, 1.82) is 0 Å². The molecule has 1 aliphatic rings. The highest BCUT2D eigenvalue weighted by atomic mass is 19.1. The molecule has 0 aliphatic carbocycles. The second-order valence-corrected chi connectivity index (χ2v) is 4.84. The Bertz CT molecular complexity index is 572. The number of hydrogen-bond donors (Lipinski definition) is 1. The molecule has 2 aromatic rings. The molecule has 0 spiro atoms. The van der Waals surface area contributed by atoms with Crippen LogP contribution in [-0.4, -0.2) is 42.0 Å². The zero-order chi connectivity index (χ0) is 13.9. The van der Waals surface area contributed by atoms with Crippen molar-refractivity contribution in [3.05, 3.63) is 54.1 Å². The maximum Gasteiger partial charge on any atom is 0.270 e. The number of carbonyl (C=O) groups excluding carboxylic acids is 1. The van der Waals surface area contributed by atoms with Gasteiger partial charge >= 0.3 is 0 Å². The van der Waals surface area contributed by atoms with Crippen LogP contribution in [-0.2, 0) is 0 Å². The monoisotopic (exact) mass is 273 g/mol. The van der Waals surface area contributed by atoms with Gasteiger partial charge in [0.2, 0.25) is 0 Å². The minimum Gasteiger partial charge on any atom is -0.368 e. The minimum absolute atomic E-state index is 0.0359. The van der Waals surface area contributed by atoms with E-state index in [9.17, 15) is 9.18 Å². The van der Waals surface area contributed by atoms with Crippen molar-refractivity contribution in [2.24, 2.45) is 0 Å². The van der Waals surface area contributed by atoms with Crippen molar-refractivity contribution in [3.63, 3.8) is 0 Å². The Hall–Kier alpha value is -2.30. The fraction of sp³-hybridized carbons (Fsp3) is 0.267. The summed E-state index contributed by atoms with van der Waals surface area (Å²) in [6, 6.07) is 10.1. The van der Waals surface area contributed by atoms with Gasteiger partial charge in [0, 0.05) is 38.1 Å². The molecule has 0 unspecified atom stereocenters. The van der Waals surface area contributed by atoms with Gasteiger partial charge in [0.05, 0.1) is 0 Å². The molecule has 0 radical (unpaired) electrons. The highest BCUT2D eigenvalue weighted by molar-refractivity contribution is 5.92. The summed E-state index contributed by atoms with van der Waals surface area (Å²) in [5.41, 5.74) is 1.62. The van der Waals surface area contributed by atoms with Crippen LogP contribution in [0.2, 0.25) is 0 Å². The van der Waals surface area contributed by atoms with Crippen molar-refractivity contribution < 1.29 is 9.18 Å². The van der Waals surface area contributed by atoms with Gasteiger partial charge in [0.25, 0.3) is 5.91 Å². The van der Waals surface area contributed by atoms with Crippen molar-refractivity contribution in [2.75, 3.05) is 31.1 Å². The molecule has 4 nitrogen and oxygen atoms in total. The predicted molar refractivity (Wildman–Crippen MR) is 75.3 cm³/mol. The van der Waals surface area contributed by atoms with Gasteiger partial charge in [-0.3, -0.25) is 4.79 Å². The van der Waals surface area contributed by atoms with Gasteiger partial charge in [-0.2, -0.15) is 0 Å². The Kier molecular flexibility index (Phi) is 3.41. The number of piperazine rings is 1. The van der Waals surface area contributed by atoms with E-state index in [4.69, 9.17) is 0 Å². The lowest BCUT2D eigenvalue weighted by atomic mass is 10.2. The predicted octanol–water partition coefficient (Wildman–Crippen LogP) is 2.12. The third-order valence-electron chi connectivity index (χ3n) is 3.59. The van der Waals surface area contributed by atoms with Gasteiger partial charge < -0.3 is 14.8 Å². The number of halogens is 1. The third kappa shape index (κ3) is 2.52. The number of nitrogens with zero attached hydrogens (tertiary/aromatic N) is 2. The Morgan fingerprint density at radius 3 is 2.35 bits per heavy atom. The van der Waals surface area contributed by atoms with E-state index >= 15 is 0 Å². The van der Waals surface area contributed by atoms with Crippen molar-refractivity contribution in [3.8, 4) is 0 Å². The van der Waals surface area contributed by atoms with Crippen LogP contribution in [0.3, 0.4) is 0 Å². The molecule has 1 N–H and O–H groups in total. The molecule has 1 aromatic heterocycles. The third-order valence-corrected chi connectivity index (χ3v) is 3.59. The zero-order valence-electron chi connectivity index (χ0n) is 11.1. The molecule has 0 atom stereocenters. The number of benzene rings is 1. The zero-order valence-corrected chi connectivity index (χ0v) is 11.1. The second-order valence-electron chi connectivity index (χ2n) is 4.84. The number of amides is 1. The molecule has 1 saturated heterocycles. The highest BCUT2D eigenvalue weighted by Crippen LogP contribution is 2.17. The fourth-order valence-electron chi connectivity index (χ4n) is 2.45. The van der Waals surface area contributed by atoms with Gasteiger partial charge in [-0.15, -0.1) is 0 Å². The molecular weight excluding hydrogens is 257 g/mol. The van der Waals surface area contributed by atoms with Crippen LogP contribution in [0, 0.1) is 5.82 Å². The maximum absolute atomic E-state index is 12.9. The maximum atomic E-state index is 12.9. The molecule has 1 fully saturated rings. The van der Waals surface area contributed by atoms with Crippen LogP contribution < -0.4 is 4.90 Å². The van der Waals surface area contributed by atoms with E-state index in [2.05, 4.69) is 9.88 Å². The molecule has 1 aromatic carbocycles. The van der Waals surface area contributed by atoms with Crippen LogP contribution in [0.4, 0.5) is 10.1 Å². The Morgan fingerprint density at radius 1 is 1.05 bits per heavy atom. The van der Waals surface area contributed by atoms with E-state index in [-0.39, 0.29) is 11.7 Å². The smallest absolute Gasteiger partial charge is 0.270 e. The Balaban J connectivity index is 1.62. The molecule has 20 heavy (non-hydrogen) atoms. The van der Waals surface area contributed by atoms with E-state index in [1.807, 2.05) is 11.0 Å². The number of rotatable bonds is 2. The summed E-state index contributed by atoms with van der Waals surface area (Å²) in [6.07, 6.45) is 1.75. The molecule has 0 bridgehead atoms. The summed E-state index contributed by atoms with van der Waals surface area (Å²) < 4.78 is 12.9. The molecule has 5 heteroatoms. The van der Waals surface area contributed by atoms with Gasteiger partial charge in [-0.1, -0.05) is 0 Å². The molecule has 0 saturated carbocycles. The molecular formula is C15H16FN3O. The van der Waals surface area contributed by atoms with Gasteiger partial charge in [-0.05, 0) is 36.4 Å². The van der Waals surface area contributed by atoms with Gasteiger partial charge in [-0.25, -0.2) is 4.39 Å². The summed E-state index contributed by atoms with van der Waals surface area (Å²) in [7, 11) is 0. The van der Waals surface area contributed by atoms with E-state index in [0.29, 0.717) is 18.8 Å². The summed E-state index contributed by atoms with van der Waals surface area (Å²) in [5.74, 6) is -0.192. The van der Waals surface area contributed by atoms with Gasteiger partial charge in [0.1, 0.15) is 11.5 Å². The van der Waals surface area contributed by atoms with Crippen LogP contribution >= 0.6 is 0 Å². The first kappa shape index (κ1) is 12.7. The van der Waals surface area contributed by atoms with Crippen molar-refractivity contribution in [1.82, 2.24) is 9.88 Å². The normalized spacial score (nSPS) is 15.4. The quantitative estimate of drug-likeness (QED) is 0.910. The molecule has 104 valence electrons. The lowest BCUT2D eigenvalue weighted by molar-refractivity contribution is 0.0741. The number of carbonyl (C=O) groups is 1. The number of anilines is 1. The fourth-order valence-corrected chi connectivity index (χ4v) is 2.45. The number of nitrogens with one attached hydrogen (secondary N) is 1. The summed E-state index contributed by atoms with van der Waals surface area (Å²) in [4.78, 5) is 19.1. The van der Waals surface area contributed by atoms with E-state index < -0.39 is 0 Å². The second kappa shape index (κ2) is 5.36. The average Bonchev–Trinajstić information content (AvgIpc) is 3.02. The lowest BCUT2D eigenvalue weighted by Gasteiger charge is -2.36. The van der Waals surface area contributed by atoms with Crippen LogP contribution in [0.25, 0.3) is 0 Å². The summed E-state index contributed by atoms with van der Waals surface area (Å²) in [5, 5.41) is 0. The van der Waals surface area contributed by atoms with Crippen molar-refractivity contribution in [2.45, 2.75) is 0 Å². The number of hydrogen-bond acceptors (Lipinski definition) is 2. The average molecular weight is 273 g/mol. The van der Waals surface area contributed by atoms with Gasteiger partial charge in [0.15, 0.2) is 0 Å². The molecule has 3 rings (SSSR count). The molecule has 2 heterocycles. The summed E-state index contributed by atoms with van der Waals surface area (Å²) in [6.45, 7) is 2.88. The largest absolute Gasteiger partial charge is 0.368 e. The lowest BCUT2D eigenvalue weighted by Crippen LogP contribution is -2.48.